The summed E-state index contributed by atoms with van der Waals surface area (Å²) in [4.78, 5) is 22.8. The number of hydrogen-bond acceptors (Lipinski definition) is 6. The van der Waals surface area contributed by atoms with Crippen LogP contribution in [-0.4, -0.2) is 15.9 Å². The van der Waals surface area contributed by atoms with Crippen LogP contribution in [0.3, 0.4) is 0 Å². The number of nitrogens with two attached hydrogens (primary N) is 2. The van der Waals surface area contributed by atoms with E-state index in [0.717, 1.165) is 50.6 Å². The zero-order valence-electron chi connectivity index (χ0n) is 21.2. The highest BCUT2D eigenvalue weighted by Gasteiger charge is 2.22. The summed E-state index contributed by atoms with van der Waals surface area (Å²) in [6.07, 6.45) is 0.808. The zero-order chi connectivity index (χ0) is 24.9. The number of benzene rings is 2. The molecule has 2 heterocycles. The first kappa shape index (κ1) is 30.4. The number of thiazole rings is 1. The number of amides is 1. The van der Waals surface area contributed by atoms with E-state index in [4.69, 9.17) is 16.5 Å². The van der Waals surface area contributed by atoms with Crippen LogP contribution >= 0.6 is 36.2 Å². The summed E-state index contributed by atoms with van der Waals surface area (Å²) in [6, 6.07) is 17.9. The molecule has 0 unspecified atom stereocenters. The first-order chi connectivity index (χ1) is 16.9. The molecule has 37 heavy (non-hydrogen) atoms. The second-order valence-electron chi connectivity index (χ2n) is 8.93. The molecule has 196 valence electrons. The molecule has 0 aliphatic rings. The van der Waals surface area contributed by atoms with E-state index in [-0.39, 0.29) is 30.7 Å². The third-order valence-electron chi connectivity index (χ3n) is 5.84. The fourth-order valence-electron chi connectivity index (χ4n) is 4.13. The van der Waals surface area contributed by atoms with Gasteiger partial charge in [0, 0.05) is 35.3 Å². The summed E-state index contributed by atoms with van der Waals surface area (Å²) in [5.41, 5.74) is 19.7. The maximum atomic E-state index is 13.3. The van der Waals surface area contributed by atoms with Crippen molar-refractivity contribution in [3.63, 3.8) is 0 Å². The van der Waals surface area contributed by atoms with Crippen LogP contribution in [0.25, 0.3) is 21.7 Å². The van der Waals surface area contributed by atoms with Crippen molar-refractivity contribution in [2.45, 2.75) is 40.3 Å². The van der Waals surface area contributed by atoms with Gasteiger partial charge in [0.2, 0.25) is 0 Å². The quantitative estimate of drug-likeness (QED) is 0.232. The smallest absolute Gasteiger partial charge is 0.275 e. The second kappa shape index (κ2) is 13.7. The molecule has 9 heteroatoms. The molecule has 0 aliphatic carbocycles. The van der Waals surface area contributed by atoms with Gasteiger partial charge in [-0.2, -0.15) is 0 Å². The highest BCUT2D eigenvalue weighted by Crippen LogP contribution is 2.36. The van der Waals surface area contributed by atoms with Gasteiger partial charge in [-0.25, -0.2) is 4.98 Å². The number of halogens is 2. The molecule has 0 spiro atoms. The molecule has 4 rings (SSSR count). The standard InChI is InChI=1S/C28H31N5OS.2ClH/c1-17(2)13-23-22(15-30)25(20-11-9-19(14-29)10-12-20)26(18(3)31-23)33-27(34)24-16-35-28(32-24)21-7-5-4-6-8-21;;/h4-12,16-17H,13-15,29-30H2,1-3H3,(H,33,34);2*1H. The van der Waals surface area contributed by atoms with E-state index in [2.05, 4.69) is 24.1 Å². The largest absolute Gasteiger partial charge is 0.326 e. The molecular weight excluding hydrogens is 525 g/mol. The summed E-state index contributed by atoms with van der Waals surface area (Å²) in [5.74, 6) is 0.152. The van der Waals surface area contributed by atoms with Crippen LogP contribution in [0.4, 0.5) is 5.69 Å². The fourth-order valence-corrected chi connectivity index (χ4v) is 4.93. The Kier molecular flexibility index (Phi) is 11.2. The molecule has 0 aliphatic heterocycles. The van der Waals surface area contributed by atoms with E-state index in [1.165, 1.54) is 11.3 Å². The molecule has 1 amide bonds. The van der Waals surface area contributed by atoms with Crippen LogP contribution < -0.4 is 16.8 Å². The van der Waals surface area contributed by atoms with Gasteiger partial charge in [-0.3, -0.25) is 9.78 Å². The second-order valence-corrected chi connectivity index (χ2v) is 9.79. The van der Waals surface area contributed by atoms with E-state index in [1.807, 2.05) is 61.5 Å². The van der Waals surface area contributed by atoms with Crippen LogP contribution in [-0.2, 0) is 19.5 Å². The number of carbonyl (C=O) groups is 1. The lowest BCUT2D eigenvalue weighted by atomic mass is 9.92. The first-order valence-corrected chi connectivity index (χ1v) is 12.6. The lowest BCUT2D eigenvalue weighted by Gasteiger charge is -2.21. The van der Waals surface area contributed by atoms with Crippen molar-refractivity contribution in [1.82, 2.24) is 9.97 Å². The highest BCUT2D eigenvalue weighted by molar-refractivity contribution is 7.13. The molecule has 6 nitrogen and oxygen atoms in total. The Morgan fingerprint density at radius 2 is 1.62 bits per heavy atom. The van der Waals surface area contributed by atoms with Crippen LogP contribution in [0, 0.1) is 12.8 Å². The molecule has 0 saturated carbocycles. The Morgan fingerprint density at radius 1 is 0.946 bits per heavy atom. The van der Waals surface area contributed by atoms with Crippen molar-refractivity contribution in [3.8, 4) is 21.7 Å². The van der Waals surface area contributed by atoms with E-state index in [1.54, 1.807) is 5.38 Å². The Bertz CT molecular complexity index is 1320. The molecule has 0 saturated heterocycles. The summed E-state index contributed by atoms with van der Waals surface area (Å²) in [6.45, 7) is 7.04. The molecule has 4 aromatic rings. The van der Waals surface area contributed by atoms with Gasteiger partial charge in [0.05, 0.1) is 11.4 Å². The SMILES string of the molecule is Cc1nc(CC(C)C)c(CN)c(-c2ccc(CN)cc2)c1NC(=O)c1csc(-c2ccccc2)n1.Cl.Cl. The molecule has 0 fully saturated rings. The van der Waals surface area contributed by atoms with Crippen molar-refractivity contribution in [3.05, 3.63) is 88.2 Å². The zero-order valence-corrected chi connectivity index (χ0v) is 23.6. The topological polar surface area (TPSA) is 107 Å². The minimum absolute atomic E-state index is 0. The maximum Gasteiger partial charge on any atom is 0.275 e. The van der Waals surface area contributed by atoms with Crippen LogP contribution in [0.1, 0.15) is 46.9 Å². The molecular formula is C28H33Cl2N5OS. The Morgan fingerprint density at radius 3 is 2.22 bits per heavy atom. The van der Waals surface area contributed by atoms with Crippen molar-refractivity contribution in [2.24, 2.45) is 17.4 Å². The van der Waals surface area contributed by atoms with Crippen LogP contribution in [0.5, 0.6) is 0 Å². The third-order valence-corrected chi connectivity index (χ3v) is 6.74. The Labute approximate surface area is 234 Å². The van der Waals surface area contributed by atoms with E-state index in [0.29, 0.717) is 30.4 Å². The third kappa shape index (κ3) is 6.94. The number of anilines is 1. The average Bonchev–Trinajstić information content (AvgIpc) is 3.36. The predicted molar refractivity (Wildman–Crippen MR) is 159 cm³/mol. The highest BCUT2D eigenvalue weighted by atomic mass is 35.5. The molecule has 5 N–H and O–H groups in total. The number of aromatic nitrogens is 2. The van der Waals surface area contributed by atoms with Gasteiger partial charge in [0.25, 0.3) is 5.91 Å². The fraction of sp³-hybridized carbons (Fsp3) is 0.250. The molecule has 2 aromatic carbocycles. The number of pyridine rings is 1. The summed E-state index contributed by atoms with van der Waals surface area (Å²) < 4.78 is 0. The van der Waals surface area contributed by atoms with E-state index in [9.17, 15) is 4.79 Å². The number of aryl methyl sites for hydroxylation is 1. The number of carbonyl (C=O) groups excluding carboxylic acids is 1. The number of rotatable bonds is 8. The molecule has 0 radical (unpaired) electrons. The van der Waals surface area contributed by atoms with Gasteiger partial charge >= 0.3 is 0 Å². The minimum atomic E-state index is -0.271. The molecule has 2 aromatic heterocycles. The minimum Gasteiger partial charge on any atom is -0.326 e. The first-order valence-electron chi connectivity index (χ1n) is 11.7. The lowest BCUT2D eigenvalue weighted by Crippen LogP contribution is -2.18. The Balaban J connectivity index is 0.00000241. The average molecular weight is 559 g/mol. The van der Waals surface area contributed by atoms with E-state index < -0.39 is 0 Å². The molecule has 0 bridgehead atoms. The van der Waals surface area contributed by atoms with Gasteiger partial charge < -0.3 is 16.8 Å². The summed E-state index contributed by atoms with van der Waals surface area (Å²) in [7, 11) is 0. The number of hydrogen-bond donors (Lipinski definition) is 3. The van der Waals surface area contributed by atoms with Crippen LogP contribution in [0.2, 0.25) is 0 Å². The number of nitrogens with one attached hydrogen (secondary N) is 1. The summed E-state index contributed by atoms with van der Waals surface area (Å²) in [5, 5.41) is 5.69. The van der Waals surface area contributed by atoms with Crippen molar-refractivity contribution in [2.75, 3.05) is 5.32 Å². The van der Waals surface area contributed by atoms with E-state index >= 15 is 0 Å². The van der Waals surface area contributed by atoms with Gasteiger partial charge in [0.1, 0.15) is 10.7 Å². The predicted octanol–water partition coefficient (Wildman–Crippen LogP) is 6.39. The van der Waals surface area contributed by atoms with Gasteiger partial charge in [0.15, 0.2) is 0 Å². The van der Waals surface area contributed by atoms with Crippen molar-refractivity contribution >= 4 is 47.7 Å². The van der Waals surface area contributed by atoms with Gasteiger partial charge in [-0.1, -0.05) is 68.4 Å². The van der Waals surface area contributed by atoms with Gasteiger partial charge in [-0.15, -0.1) is 36.2 Å². The monoisotopic (exact) mass is 557 g/mol. The maximum absolute atomic E-state index is 13.3. The Hall–Kier alpha value is -2.81. The van der Waals surface area contributed by atoms with Gasteiger partial charge in [-0.05, 0) is 36.0 Å². The number of nitrogens with zero attached hydrogens (tertiary/aromatic N) is 2. The lowest BCUT2D eigenvalue weighted by molar-refractivity contribution is 0.102. The van der Waals surface area contributed by atoms with Crippen molar-refractivity contribution in [1.29, 1.82) is 0 Å². The van der Waals surface area contributed by atoms with Crippen molar-refractivity contribution < 1.29 is 4.79 Å². The molecule has 0 atom stereocenters. The normalized spacial score (nSPS) is 10.5. The summed E-state index contributed by atoms with van der Waals surface area (Å²) >= 11 is 1.45. The van der Waals surface area contributed by atoms with Crippen LogP contribution in [0.15, 0.2) is 60.0 Å².